The van der Waals surface area contributed by atoms with Crippen molar-refractivity contribution in [1.82, 2.24) is 4.90 Å². The SMILES string of the molecule is Cc1c(Br)cccc1C(=O)N1CCOC[C@H]1C. The zero-order chi connectivity index (χ0) is 12.4. The number of hydrogen-bond donors (Lipinski definition) is 0. The van der Waals surface area contributed by atoms with Gasteiger partial charge in [-0.25, -0.2) is 0 Å². The molecule has 1 fully saturated rings. The van der Waals surface area contributed by atoms with Crippen LogP contribution in [-0.2, 0) is 4.74 Å². The van der Waals surface area contributed by atoms with Crippen molar-refractivity contribution in [2.45, 2.75) is 19.9 Å². The Balaban J connectivity index is 2.27. The molecule has 0 saturated carbocycles. The molecule has 0 unspecified atom stereocenters. The molecule has 1 aliphatic rings. The third kappa shape index (κ3) is 2.53. The van der Waals surface area contributed by atoms with Crippen molar-refractivity contribution in [3.8, 4) is 0 Å². The Morgan fingerprint density at radius 2 is 2.29 bits per heavy atom. The minimum absolute atomic E-state index is 0.0969. The third-order valence-electron chi connectivity index (χ3n) is 3.13. The normalized spacial score (nSPS) is 20.4. The van der Waals surface area contributed by atoms with E-state index < -0.39 is 0 Å². The molecule has 1 heterocycles. The fourth-order valence-corrected chi connectivity index (χ4v) is 2.39. The lowest BCUT2D eigenvalue weighted by atomic mass is 10.1. The molecule has 0 aromatic heterocycles. The van der Waals surface area contributed by atoms with Gasteiger partial charge in [0.15, 0.2) is 0 Å². The van der Waals surface area contributed by atoms with E-state index in [2.05, 4.69) is 15.9 Å². The molecule has 17 heavy (non-hydrogen) atoms. The highest BCUT2D eigenvalue weighted by atomic mass is 79.9. The van der Waals surface area contributed by atoms with E-state index in [0.29, 0.717) is 19.8 Å². The molecular formula is C13H16BrNO2. The highest BCUT2D eigenvalue weighted by molar-refractivity contribution is 9.10. The van der Waals surface area contributed by atoms with Crippen LogP contribution in [0.5, 0.6) is 0 Å². The van der Waals surface area contributed by atoms with E-state index in [0.717, 1.165) is 15.6 Å². The maximum absolute atomic E-state index is 12.4. The third-order valence-corrected chi connectivity index (χ3v) is 3.99. The van der Waals surface area contributed by atoms with Gasteiger partial charge in [0, 0.05) is 16.6 Å². The van der Waals surface area contributed by atoms with Crippen molar-refractivity contribution in [3.63, 3.8) is 0 Å². The molecular weight excluding hydrogens is 282 g/mol. The van der Waals surface area contributed by atoms with Gasteiger partial charge in [0.1, 0.15) is 0 Å². The van der Waals surface area contributed by atoms with Crippen LogP contribution in [0.25, 0.3) is 0 Å². The number of carbonyl (C=O) groups excluding carboxylic acids is 1. The summed E-state index contributed by atoms with van der Waals surface area (Å²) in [5.41, 5.74) is 1.77. The molecule has 1 aliphatic heterocycles. The maximum atomic E-state index is 12.4. The number of benzene rings is 1. The molecule has 4 heteroatoms. The Bertz CT molecular complexity index is 433. The summed E-state index contributed by atoms with van der Waals surface area (Å²) >= 11 is 3.46. The largest absolute Gasteiger partial charge is 0.377 e. The van der Waals surface area contributed by atoms with Gasteiger partial charge in [-0.3, -0.25) is 4.79 Å². The summed E-state index contributed by atoms with van der Waals surface area (Å²) in [4.78, 5) is 14.3. The molecule has 1 aromatic rings. The van der Waals surface area contributed by atoms with Crippen LogP contribution in [0.2, 0.25) is 0 Å². The minimum Gasteiger partial charge on any atom is -0.377 e. The number of rotatable bonds is 1. The quantitative estimate of drug-likeness (QED) is 0.797. The number of hydrogen-bond acceptors (Lipinski definition) is 2. The summed E-state index contributed by atoms with van der Waals surface area (Å²) in [7, 11) is 0. The lowest BCUT2D eigenvalue weighted by Gasteiger charge is -2.33. The van der Waals surface area contributed by atoms with Crippen LogP contribution in [0.15, 0.2) is 22.7 Å². The second-order valence-electron chi connectivity index (χ2n) is 4.33. The van der Waals surface area contributed by atoms with E-state index in [1.165, 1.54) is 0 Å². The van der Waals surface area contributed by atoms with Crippen molar-refractivity contribution >= 4 is 21.8 Å². The fraction of sp³-hybridized carbons (Fsp3) is 0.462. The first-order chi connectivity index (χ1) is 8.11. The highest BCUT2D eigenvalue weighted by Gasteiger charge is 2.25. The lowest BCUT2D eigenvalue weighted by Crippen LogP contribution is -2.47. The summed E-state index contributed by atoms with van der Waals surface area (Å²) in [6.07, 6.45) is 0. The van der Waals surface area contributed by atoms with Crippen molar-refractivity contribution in [2.24, 2.45) is 0 Å². The van der Waals surface area contributed by atoms with Gasteiger partial charge in [-0.05, 0) is 31.5 Å². The smallest absolute Gasteiger partial charge is 0.254 e. The van der Waals surface area contributed by atoms with E-state index >= 15 is 0 Å². The first-order valence-corrected chi connectivity index (χ1v) is 6.54. The highest BCUT2D eigenvalue weighted by Crippen LogP contribution is 2.22. The standard InChI is InChI=1S/C13H16BrNO2/c1-9-8-17-7-6-15(9)13(16)11-4-3-5-12(14)10(11)2/h3-5,9H,6-8H2,1-2H3/t9-/m1/s1. The summed E-state index contributed by atoms with van der Waals surface area (Å²) in [6, 6.07) is 5.88. The second kappa shape index (κ2) is 5.19. The van der Waals surface area contributed by atoms with E-state index in [1.54, 1.807) is 0 Å². The Morgan fingerprint density at radius 1 is 1.53 bits per heavy atom. The average Bonchev–Trinajstić information content (AvgIpc) is 2.32. The minimum atomic E-state index is 0.0969. The predicted octanol–water partition coefficient (Wildman–Crippen LogP) is 2.62. The fourth-order valence-electron chi connectivity index (χ4n) is 2.02. The van der Waals surface area contributed by atoms with Crippen LogP contribution in [0.3, 0.4) is 0 Å². The average molecular weight is 298 g/mol. The van der Waals surface area contributed by atoms with E-state index in [1.807, 2.05) is 36.9 Å². The molecule has 0 bridgehead atoms. The van der Waals surface area contributed by atoms with Crippen molar-refractivity contribution < 1.29 is 9.53 Å². The topological polar surface area (TPSA) is 29.5 Å². The van der Waals surface area contributed by atoms with Crippen LogP contribution in [-0.4, -0.2) is 36.6 Å². The number of nitrogens with zero attached hydrogens (tertiary/aromatic N) is 1. The second-order valence-corrected chi connectivity index (χ2v) is 5.19. The number of halogens is 1. The first kappa shape index (κ1) is 12.6. The van der Waals surface area contributed by atoms with Crippen LogP contribution in [0, 0.1) is 6.92 Å². The van der Waals surface area contributed by atoms with E-state index in [9.17, 15) is 4.79 Å². The number of ether oxygens (including phenoxy) is 1. The number of amides is 1. The van der Waals surface area contributed by atoms with Gasteiger partial charge in [-0.1, -0.05) is 22.0 Å². The van der Waals surface area contributed by atoms with Gasteiger partial charge in [0.25, 0.3) is 5.91 Å². The lowest BCUT2D eigenvalue weighted by molar-refractivity contribution is 0.00355. The summed E-state index contributed by atoms with van der Waals surface area (Å²) in [5.74, 6) is 0.0969. The monoisotopic (exact) mass is 297 g/mol. The van der Waals surface area contributed by atoms with Gasteiger partial charge < -0.3 is 9.64 Å². The van der Waals surface area contributed by atoms with Gasteiger partial charge in [0.2, 0.25) is 0 Å². The molecule has 2 rings (SSSR count). The first-order valence-electron chi connectivity index (χ1n) is 5.75. The number of carbonyl (C=O) groups is 1. The zero-order valence-corrected chi connectivity index (χ0v) is 11.7. The zero-order valence-electron chi connectivity index (χ0n) is 10.1. The molecule has 1 aromatic carbocycles. The molecule has 3 nitrogen and oxygen atoms in total. The van der Waals surface area contributed by atoms with Crippen molar-refractivity contribution in [1.29, 1.82) is 0 Å². The maximum Gasteiger partial charge on any atom is 0.254 e. The summed E-state index contributed by atoms with van der Waals surface area (Å²) in [5, 5.41) is 0. The van der Waals surface area contributed by atoms with Gasteiger partial charge in [0.05, 0.1) is 19.3 Å². The molecule has 1 atom stereocenters. The van der Waals surface area contributed by atoms with E-state index in [-0.39, 0.29) is 11.9 Å². The van der Waals surface area contributed by atoms with Crippen LogP contribution < -0.4 is 0 Å². The van der Waals surface area contributed by atoms with Gasteiger partial charge in [-0.15, -0.1) is 0 Å². The predicted molar refractivity (Wildman–Crippen MR) is 70.2 cm³/mol. The summed E-state index contributed by atoms with van der Waals surface area (Å²) < 4.78 is 6.32. The Kier molecular flexibility index (Phi) is 3.84. The molecule has 1 amide bonds. The molecule has 0 radical (unpaired) electrons. The Hall–Kier alpha value is -0.870. The molecule has 92 valence electrons. The number of morpholine rings is 1. The van der Waals surface area contributed by atoms with Crippen LogP contribution in [0.1, 0.15) is 22.8 Å². The van der Waals surface area contributed by atoms with Crippen LogP contribution >= 0.6 is 15.9 Å². The van der Waals surface area contributed by atoms with Gasteiger partial charge in [-0.2, -0.15) is 0 Å². The van der Waals surface area contributed by atoms with E-state index in [4.69, 9.17) is 4.74 Å². The van der Waals surface area contributed by atoms with Gasteiger partial charge >= 0.3 is 0 Å². The molecule has 1 saturated heterocycles. The Labute approximate surface area is 110 Å². The Morgan fingerprint density at radius 3 is 3.00 bits per heavy atom. The van der Waals surface area contributed by atoms with Crippen molar-refractivity contribution in [2.75, 3.05) is 19.8 Å². The molecule has 0 aliphatic carbocycles. The molecule has 0 N–H and O–H groups in total. The van der Waals surface area contributed by atoms with Crippen molar-refractivity contribution in [3.05, 3.63) is 33.8 Å². The van der Waals surface area contributed by atoms with Crippen LogP contribution in [0.4, 0.5) is 0 Å². The molecule has 0 spiro atoms. The summed E-state index contributed by atoms with van der Waals surface area (Å²) in [6.45, 7) is 5.90.